The van der Waals surface area contributed by atoms with Gasteiger partial charge in [0.25, 0.3) is 0 Å². The van der Waals surface area contributed by atoms with Gasteiger partial charge < -0.3 is 9.57 Å². The number of hydroxylamine groups is 1. The summed E-state index contributed by atoms with van der Waals surface area (Å²) in [7, 11) is 0. The van der Waals surface area contributed by atoms with Crippen molar-refractivity contribution in [3.8, 4) is 5.75 Å². The molecule has 3 nitrogen and oxygen atoms in total. The highest BCUT2D eigenvalue weighted by molar-refractivity contribution is 5.49. The summed E-state index contributed by atoms with van der Waals surface area (Å²) in [5, 5.41) is 1.45. The molecule has 0 saturated heterocycles. The third-order valence-corrected chi connectivity index (χ3v) is 1.89. The summed E-state index contributed by atoms with van der Waals surface area (Å²) in [6.07, 6.45) is -1.46. The van der Waals surface area contributed by atoms with Crippen LogP contribution in [0.2, 0.25) is 0 Å². The summed E-state index contributed by atoms with van der Waals surface area (Å²) in [5.41, 5.74) is 0.506. The lowest BCUT2D eigenvalue weighted by molar-refractivity contribution is -0.274. The molecule has 1 aliphatic rings. The summed E-state index contributed by atoms with van der Waals surface area (Å²) in [6, 6.07) is 5.61. The lowest BCUT2D eigenvalue weighted by Gasteiger charge is -2.17. The van der Waals surface area contributed by atoms with Gasteiger partial charge in [0.2, 0.25) is 0 Å². The number of alkyl halides is 3. The second-order valence-electron chi connectivity index (χ2n) is 3.08. The molecule has 0 spiro atoms. The van der Waals surface area contributed by atoms with Gasteiger partial charge in [0.1, 0.15) is 12.0 Å². The number of rotatable bonds is 2. The SMILES string of the molecule is FC(F)(F)Oc1cccc(N2CC=CO2)c1. The Balaban J connectivity index is 2.13. The molecular weight excluding hydrogens is 223 g/mol. The number of ether oxygens (including phenoxy) is 1. The molecule has 6 heteroatoms. The van der Waals surface area contributed by atoms with Gasteiger partial charge in [-0.3, -0.25) is 0 Å². The lowest BCUT2D eigenvalue weighted by atomic mass is 10.3. The Hall–Kier alpha value is -1.85. The van der Waals surface area contributed by atoms with Gasteiger partial charge in [-0.15, -0.1) is 13.2 Å². The topological polar surface area (TPSA) is 21.7 Å². The van der Waals surface area contributed by atoms with Crippen molar-refractivity contribution >= 4 is 5.69 Å². The van der Waals surface area contributed by atoms with Crippen LogP contribution in [0.1, 0.15) is 0 Å². The van der Waals surface area contributed by atoms with E-state index in [0.717, 1.165) is 0 Å². The number of halogens is 3. The van der Waals surface area contributed by atoms with E-state index < -0.39 is 6.36 Å². The molecule has 0 unspecified atom stereocenters. The molecule has 0 aromatic heterocycles. The van der Waals surface area contributed by atoms with Crippen molar-refractivity contribution in [3.05, 3.63) is 36.6 Å². The number of anilines is 1. The van der Waals surface area contributed by atoms with Gasteiger partial charge in [-0.1, -0.05) is 6.07 Å². The molecule has 0 amide bonds. The van der Waals surface area contributed by atoms with Gasteiger partial charge in [0, 0.05) is 6.07 Å². The first-order valence-electron chi connectivity index (χ1n) is 4.50. The van der Waals surface area contributed by atoms with Crippen molar-refractivity contribution in [2.24, 2.45) is 0 Å². The maximum Gasteiger partial charge on any atom is 0.573 e. The van der Waals surface area contributed by atoms with E-state index in [1.165, 1.54) is 29.5 Å². The second-order valence-corrected chi connectivity index (χ2v) is 3.08. The van der Waals surface area contributed by atoms with E-state index in [0.29, 0.717) is 12.2 Å². The fraction of sp³-hybridized carbons (Fsp3) is 0.200. The zero-order chi connectivity index (χ0) is 11.6. The molecule has 0 atom stereocenters. The summed E-state index contributed by atoms with van der Waals surface area (Å²) in [4.78, 5) is 5.04. The highest BCUT2D eigenvalue weighted by Gasteiger charge is 2.31. The van der Waals surface area contributed by atoms with E-state index in [1.54, 1.807) is 12.1 Å². The molecule has 1 aromatic rings. The molecule has 0 N–H and O–H groups in total. The number of hydrogen-bond donors (Lipinski definition) is 0. The van der Waals surface area contributed by atoms with Crippen LogP contribution in [-0.4, -0.2) is 12.9 Å². The smallest absolute Gasteiger partial charge is 0.406 e. The van der Waals surface area contributed by atoms with Crippen molar-refractivity contribution in [1.29, 1.82) is 0 Å². The molecule has 0 radical (unpaired) electrons. The maximum atomic E-state index is 12.0. The van der Waals surface area contributed by atoms with Crippen molar-refractivity contribution in [2.75, 3.05) is 11.6 Å². The molecule has 0 fully saturated rings. The molecule has 16 heavy (non-hydrogen) atoms. The van der Waals surface area contributed by atoms with Crippen molar-refractivity contribution in [2.45, 2.75) is 6.36 Å². The van der Waals surface area contributed by atoms with Crippen LogP contribution in [-0.2, 0) is 4.84 Å². The van der Waals surface area contributed by atoms with Crippen LogP contribution in [0.15, 0.2) is 36.6 Å². The Labute approximate surface area is 89.6 Å². The van der Waals surface area contributed by atoms with E-state index in [-0.39, 0.29) is 5.75 Å². The van der Waals surface area contributed by atoms with Crippen LogP contribution in [0.4, 0.5) is 18.9 Å². The first-order valence-corrected chi connectivity index (χ1v) is 4.50. The third-order valence-electron chi connectivity index (χ3n) is 1.89. The summed E-state index contributed by atoms with van der Waals surface area (Å²) < 4.78 is 39.7. The van der Waals surface area contributed by atoms with Crippen LogP contribution in [0, 0.1) is 0 Å². The highest BCUT2D eigenvalue weighted by atomic mass is 19.4. The van der Waals surface area contributed by atoms with Crippen LogP contribution in [0.3, 0.4) is 0 Å². The predicted octanol–water partition coefficient (Wildman–Crippen LogP) is 2.85. The molecule has 1 aliphatic heterocycles. The Morgan fingerprint density at radius 2 is 2.12 bits per heavy atom. The van der Waals surface area contributed by atoms with Crippen molar-refractivity contribution in [3.63, 3.8) is 0 Å². The molecule has 1 aromatic carbocycles. The molecule has 0 bridgehead atoms. The maximum absolute atomic E-state index is 12.0. The molecule has 0 aliphatic carbocycles. The van der Waals surface area contributed by atoms with Gasteiger partial charge in [0.05, 0.1) is 12.2 Å². The van der Waals surface area contributed by atoms with Gasteiger partial charge in [-0.2, -0.15) is 0 Å². The molecule has 2 rings (SSSR count). The minimum atomic E-state index is -4.68. The van der Waals surface area contributed by atoms with Crippen LogP contribution in [0.5, 0.6) is 5.75 Å². The van der Waals surface area contributed by atoms with E-state index in [9.17, 15) is 13.2 Å². The minimum absolute atomic E-state index is 0.263. The Morgan fingerprint density at radius 3 is 2.75 bits per heavy atom. The lowest BCUT2D eigenvalue weighted by Crippen LogP contribution is -2.19. The molecular formula is C10H8F3NO2. The summed E-state index contributed by atoms with van der Waals surface area (Å²) in [5.74, 6) is -0.263. The average Bonchev–Trinajstić information content (AvgIpc) is 2.68. The van der Waals surface area contributed by atoms with Gasteiger partial charge >= 0.3 is 6.36 Å². The second kappa shape index (κ2) is 3.96. The van der Waals surface area contributed by atoms with Crippen LogP contribution < -0.4 is 9.80 Å². The Kier molecular flexibility index (Phi) is 2.64. The standard InChI is InChI=1S/C10H8F3NO2/c11-10(12,13)16-9-4-1-3-8(7-9)14-5-2-6-15-14/h1-4,6-7H,5H2. The van der Waals surface area contributed by atoms with Gasteiger partial charge in [-0.05, 0) is 18.2 Å². The van der Waals surface area contributed by atoms with E-state index in [1.807, 2.05) is 0 Å². The number of benzene rings is 1. The van der Waals surface area contributed by atoms with Gasteiger partial charge in [0.15, 0.2) is 0 Å². The normalized spacial score (nSPS) is 15.1. The molecule has 86 valence electrons. The van der Waals surface area contributed by atoms with Crippen LogP contribution in [0.25, 0.3) is 0 Å². The van der Waals surface area contributed by atoms with Crippen LogP contribution >= 0.6 is 0 Å². The van der Waals surface area contributed by atoms with Gasteiger partial charge in [-0.25, -0.2) is 5.06 Å². The zero-order valence-corrected chi connectivity index (χ0v) is 8.07. The number of nitrogens with zero attached hydrogens (tertiary/aromatic N) is 1. The monoisotopic (exact) mass is 231 g/mol. The van der Waals surface area contributed by atoms with E-state index in [4.69, 9.17) is 4.84 Å². The molecule has 0 saturated carbocycles. The largest absolute Gasteiger partial charge is 0.573 e. The third kappa shape index (κ3) is 2.59. The number of hydrogen-bond acceptors (Lipinski definition) is 3. The highest BCUT2D eigenvalue weighted by Crippen LogP contribution is 2.27. The van der Waals surface area contributed by atoms with Crippen molar-refractivity contribution in [1.82, 2.24) is 0 Å². The molecule has 1 heterocycles. The van der Waals surface area contributed by atoms with E-state index in [2.05, 4.69) is 4.74 Å². The quantitative estimate of drug-likeness (QED) is 0.781. The predicted molar refractivity (Wildman–Crippen MR) is 50.7 cm³/mol. The first-order chi connectivity index (χ1) is 7.54. The Bertz CT molecular complexity index is 395. The average molecular weight is 231 g/mol. The van der Waals surface area contributed by atoms with E-state index >= 15 is 0 Å². The summed E-state index contributed by atoms with van der Waals surface area (Å²) in [6.45, 7) is 0.496. The summed E-state index contributed by atoms with van der Waals surface area (Å²) >= 11 is 0. The zero-order valence-electron chi connectivity index (χ0n) is 8.07. The first kappa shape index (κ1) is 10.7. The van der Waals surface area contributed by atoms with Crippen molar-refractivity contribution < 1.29 is 22.7 Å². The fourth-order valence-electron chi connectivity index (χ4n) is 1.30. The fourth-order valence-corrected chi connectivity index (χ4v) is 1.30. The minimum Gasteiger partial charge on any atom is -0.406 e. The Morgan fingerprint density at radius 1 is 1.31 bits per heavy atom.